The summed E-state index contributed by atoms with van der Waals surface area (Å²) in [6.07, 6.45) is 3.87. The summed E-state index contributed by atoms with van der Waals surface area (Å²) >= 11 is 0. The van der Waals surface area contributed by atoms with Crippen LogP contribution in [0.2, 0.25) is 0 Å². The summed E-state index contributed by atoms with van der Waals surface area (Å²) in [5.74, 6) is 0.896. The van der Waals surface area contributed by atoms with E-state index in [1.807, 2.05) is 29.2 Å². The van der Waals surface area contributed by atoms with Crippen molar-refractivity contribution >= 4 is 0 Å². The van der Waals surface area contributed by atoms with E-state index in [4.69, 9.17) is 4.74 Å². The van der Waals surface area contributed by atoms with Gasteiger partial charge in [0.2, 0.25) is 0 Å². The van der Waals surface area contributed by atoms with Crippen LogP contribution in [0.1, 0.15) is 38.8 Å². The van der Waals surface area contributed by atoms with Gasteiger partial charge < -0.3 is 10.1 Å². The molecule has 0 aliphatic carbocycles. The first kappa shape index (κ1) is 15.6. The normalized spacial score (nSPS) is 11.6. The van der Waals surface area contributed by atoms with Crippen molar-refractivity contribution in [2.75, 3.05) is 0 Å². The van der Waals surface area contributed by atoms with Crippen LogP contribution in [0, 0.1) is 0 Å². The number of aromatic nitrogens is 2. The van der Waals surface area contributed by atoms with Crippen molar-refractivity contribution in [3.05, 3.63) is 47.8 Å². The molecule has 0 radical (unpaired) electrons. The summed E-state index contributed by atoms with van der Waals surface area (Å²) < 4.78 is 7.75. The van der Waals surface area contributed by atoms with Gasteiger partial charge in [-0.15, -0.1) is 0 Å². The molecule has 1 aromatic heterocycles. The standard InChI is InChI=1S/C17H25N3O/c1-5-20-12-15(11-19-20)13-21-16-8-6-7-14(9-16)10-18-17(2,3)4/h6-9,11-12,18H,5,10,13H2,1-4H3. The molecule has 21 heavy (non-hydrogen) atoms. The largest absolute Gasteiger partial charge is 0.489 e. The topological polar surface area (TPSA) is 39.1 Å². The molecule has 0 saturated carbocycles. The highest BCUT2D eigenvalue weighted by Crippen LogP contribution is 2.16. The Labute approximate surface area is 127 Å². The van der Waals surface area contributed by atoms with Crippen molar-refractivity contribution in [3.8, 4) is 5.75 Å². The van der Waals surface area contributed by atoms with Gasteiger partial charge in [-0.25, -0.2) is 0 Å². The van der Waals surface area contributed by atoms with Gasteiger partial charge in [-0.3, -0.25) is 4.68 Å². The Morgan fingerprint density at radius 1 is 1.24 bits per heavy atom. The summed E-state index contributed by atoms with van der Waals surface area (Å²) in [4.78, 5) is 0. The third kappa shape index (κ3) is 5.23. The first-order chi connectivity index (χ1) is 9.96. The molecule has 0 spiro atoms. The molecule has 4 nitrogen and oxygen atoms in total. The molecule has 0 aliphatic rings. The number of aryl methyl sites for hydroxylation is 1. The zero-order valence-corrected chi connectivity index (χ0v) is 13.4. The molecule has 2 rings (SSSR count). The third-order valence-corrected chi connectivity index (χ3v) is 3.14. The van der Waals surface area contributed by atoms with E-state index in [1.165, 1.54) is 5.56 Å². The lowest BCUT2D eigenvalue weighted by Gasteiger charge is -2.20. The predicted molar refractivity (Wildman–Crippen MR) is 85.3 cm³/mol. The summed E-state index contributed by atoms with van der Waals surface area (Å²) in [5, 5.41) is 7.73. The molecule has 1 N–H and O–H groups in total. The lowest BCUT2D eigenvalue weighted by Crippen LogP contribution is -2.35. The van der Waals surface area contributed by atoms with Crippen molar-refractivity contribution in [3.63, 3.8) is 0 Å². The molecule has 4 heteroatoms. The van der Waals surface area contributed by atoms with Crippen LogP contribution in [0.5, 0.6) is 5.75 Å². The average Bonchev–Trinajstić information content (AvgIpc) is 2.91. The van der Waals surface area contributed by atoms with E-state index >= 15 is 0 Å². The van der Waals surface area contributed by atoms with E-state index in [1.54, 1.807) is 0 Å². The fraction of sp³-hybridized carbons (Fsp3) is 0.471. The molecule has 2 aromatic rings. The van der Waals surface area contributed by atoms with Gasteiger partial charge in [-0.1, -0.05) is 12.1 Å². The second-order valence-electron chi connectivity index (χ2n) is 6.24. The molecular formula is C17H25N3O. The van der Waals surface area contributed by atoms with Crippen molar-refractivity contribution in [1.29, 1.82) is 0 Å². The maximum atomic E-state index is 5.84. The van der Waals surface area contributed by atoms with E-state index in [2.05, 4.69) is 50.2 Å². The number of hydrogen-bond donors (Lipinski definition) is 1. The molecule has 0 amide bonds. The molecule has 0 saturated heterocycles. The van der Waals surface area contributed by atoms with Crippen LogP contribution in [0.15, 0.2) is 36.7 Å². The van der Waals surface area contributed by atoms with Crippen LogP contribution in [-0.4, -0.2) is 15.3 Å². The Hall–Kier alpha value is -1.81. The minimum absolute atomic E-state index is 0.117. The van der Waals surface area contributed by atoms with E-state index in [9.17, 15) is 0 Å². The lowest BCUT2D eigenvalue weighted by molar-refractivity contribution is 0.305. The van der Waals surface area contributed by atoms with Crippen molar-refractivity contribution in [2.24, 2.45) is 0 Å². The first-order valence-corrected chi connectivity index (χ1v) is 7.44. The van der Waals surface area contributed by atoms with Crippen LogP contribution in [0.3, 0.4) is 0 Å². The Morgan fingerprint density at radius 2 is 2.05 bits per heavy atom. The molecule has 0 aliphatic heterocycles. The molecule has 114 valence electrons. The van der Waals surface area contributed by atoms with Crippen molar-refractivity contribution < 1.29 is 4.74 Å². The summed E-state index contributed by atoms with van der Waals surface area (Å²) in [7, 11) is 0. The van der Waals surface area contributed by atoms with Gasteiger partial charge in [-0.05, 0) is 45.4 Å². The number of nitrogens with one attached hydrogen (secondary N) is 1. The molecule has 1 heterocycles. The van der Waals surface area contributed by atoms with Crippen LogP contribution in [0.25, 0.3) is 0 Å². The number of ether oxygens (including phenoxy) is 1. The van der Waals surface area contributed by atoms with Crippen LogP contribution in [-0.2, 0) is 19.7 Å². The van der Waals surface area contributed by atoms with Gasteiger partial charge in [0, 0.05) is 30.4 Å². The zero-order chi connectivity index (χ0) is 15.3. The average molecular weight is 287 g/mol. The fourth-order valence-electron chi connectivity index (χ4n) is 1.93. The van der Waals surface area contributed by atoms with Gasteiger partial charge >= 0.3 is 0 Å². The van der Waals surface area contributed by atoms with E-state index in [0.717, 1.165) is 24.4 Å². The summed E-state index contributed by atoms with van der Waals surface area (Å²) in [6, 6.07) is 8.22. The summed E-state index contributed by atoms with van der Waals surface area (Å²) in [6.45, 7) is 10.8. The number of rotatable bonds is 6. The maximum Gasteiger partial charge on any atom is 0.120 e. The third-order valence-electron chi connectivity index (χ3n) is 3.14. The fourth-order valence-corrected chi connectivity index (χ4v) is 1.93. The van der Waals surface area contributed by atoms with E-state index in [0.29, 0.717) is 6.61 Å². The highest BCUT2D eigenvalue weighted by molar-refractivity contribution is 5.28. The Kier molecular flexibility index (Phi) is 5.02. The molecule has 0 bridgehead atoms. The highest BCUT2D eigenvalue weighted by atomic mass is 16.5. The highest BCUT2D eigenvalue weighted by Gasteiger charge is 2.08. The minimum atomic E-state index is 0.117. The maximum absolute atomic E-state index is 5.84. The quantitative estimate of drug-likeness (QED) is 0.885. The second-order valence-corrected chi connectivity index (χ2v) is 6.24. The van der Waals surface area contributed by atoms with Gasteiger partial charge in [0.25, 0.3) is 0 Å². The van der Waals surface area contributed by atoms with Gasteiger partial charge in [0.1, 0.15) is 12.4 Å². The molecule has 1 aromatic carbocycles. The number of nitrogens with zero attached hydrogens (tertiary/aromatic N) is 2. The Bertz CT molecular complexity index is 569. The van der Waals surface area contributed by atoms with Crippen LogP contribution < -0.4 is 10.1 Å². The lowest BCUT2D eigenvalue weighted by atomic mass is 10.1. The number of hydrogen-bond acceptors (Lipinski definition) is 3. The van der Waals surface area contributed by atoms with Gasteiger partial charge in [-0.2, -0.15) is 5.10 Å². The first-order valence-electron chi connectivity index (χ1n) is 7.44. The monoisotopic (exact) mass is 287 g/mol. The Balaban J connectivity index is 1.91. The Morgan fingerprint density at radius 3 is 2.71 bits per heavy atom. The molecule has 0 unspecified atom stereocenters. The molecular weight excluding hydrogens is 262 g/mol. The SMILES string of the molecule is CCn1cc(COc2cccc(CNC(C)(C)C)c2)cn1. The minimum Gasteiger partial charge on any atom is -0.489 e. The van der Waals surface area contributed by atoms with Gasteiger partial charge in [0.15, 0.2) is 0 Å². The molecule has 0 atom stereocenters. The second kappa shape index (κ2) is 6.76. The number of benzene rings is 1. The van der Waals surface area contributed by atoms with Crippen molar-refractivity contribution in [1.82, 2.24) is 15.1 Å². The zero-order valence-electron chi connectivity index (χ0n) is 13.4. The summed E-state index contributed by atoms with van der Waals surface area (Å²) in [5.41, 5.74) is 2.44. The van der Waals surface area contributed by atoms with Gasteiger partial charge in [0.05, 0.1) is 6.20 Å². The smallest absolute Gasteiger partial charge is 0.120 e. The van der Waals surface area contributed by atoms with Crippen molar-refractivity contribution in [2.45, 2.75) is 52.9 Å². The predicted octanol–water partition coefficient (Wildman–Crippen LogP) is 3.37. The molecule has 0 fully saturated rings. The van der Waals surface area contributed by atoms with E-state index < -0.39 is 0 Å². The van der Waals surface area contributed by atoms with Crippen LogP contribution >= 0.6 is 0 Å². The van der Waals surface area contributed by atoms with Crippen LogP contribution in [0.4, 0.5) is 0 Å². The van der Waals surface area contributed by atoms with E-state index in [-0.39, 0.29) is 5.54 Å².